The van der Waals surface area contributed by atoms with Gasteiger partial charge in [0, 0.05) is 24.8 Å². The van der Waals surface area contributed by atoms with E-state index in [2.05, 4.69) is 5.32 Å². The maximum absolute atomic E-state index is 13.9. The number of nitrogens with one attached hydrogen (secondary N) is 1. The van der Waals surface area contributed by atoms with Gasteiger partial charge in [-0.1, -0.05) is 24.3 Å². The molecule has 2 amide bonds. The molecule has 40 heavy (non-hydrogen) atoms. The van der Waals surface area contributed by atoms with Crippen LogP contribution in [0, 0.1) is 5.82 Å². The summed E-state index contributed by atoms with van der Waals surface area (Å²) in [4.78, 5) is 46.2. The number of rotatable bonds is 10. The third-order valence-electron chi connectivity index (χ3n) is 6.78. The number of carbonyl (C=O) groups excluding carboxylic acids is 3. The van der Waals surface area contributed by atoms with Crippen molar-refractivity contribution in [1.29, 1.82) is 0 Å². The lowest BCUT2D eigenvalue weighted by Crippen LogP contribution is -2.27. The third-order valence-corrected chi connectivity index (χ3v) is 6.78. The molecule has 1 atom stereocenters. The van der Waals surface area contributed by atoms with Crippen LogP contribution < -0.4 is 10.2 Å². The predicted octanol–water partition coefficient (Wildman–Crippen LogP) is 4.70. The van der Waals surface area contributed by atoms with Crippen LogP contribution >= 0.6 is 0 Å². The van der Waals surface area contributed by atoms with Gasteiger partial charge in [-0.3, -0.25) is 19.4 Å². The molecule has 0 fully saturated rings. The SMILES string of the molecule is COC(=O)Cc1cccc(C(=Nc2ccc(N(C)C(=O)CCCN(C)C)cc2)C2C(=O)Nc3cc(F)ccc32)c1. The molecule has 4 rings (SSSR count). The summed E-state index contributed by atoms with van der Waals surface area (Å²) >= 11 is 0. The molecule has 208 valence electrons. The lowest BCUT2D eigenvalue weighted by Gasteiger charge is -2.18. The van der Waals surface area contributed by atoms with Crippen molar-refractivity contribution in [1.82, 2.24) is 4.90 Å². The summed E-state index contributed by atoms with van der Waals surface area (Å²) in [6.45, 7) is 0.835. The van der Waals surface area contributed by atoms with Gasteiger partial charge in [-0.2, -0.15) is 0 Å². The number of anilines is 2. The van der Waals surface area contributed by atoms with E-state index in [0.29, 0.717) is 40.2 Å². The lowest BCUT2D eigenvalue weighted by atomic mass is 9.89. The summed E-state index contributed by atoms with van der Waals surface area (Å²) in [6.07, 6.45) is 1.28. The summed E-state index contributed by atoms with van der Waals surface area (Å²) in [5.74, 6) is -1.92. The van der Waals surface area contributed by atoms with Gasteiger partial charge in [0.05, 0.1) is 24.9 Å². The number of amides is 2. The smallest absolute Gasteiger partial charge is 0.309 e. The first kappa shape index (κ1) is 28.6. The number of nitrogens with zero attached hydrogens (tertiary/aromatic N) is 3. The Hall–Kier alpha value is -4.37. The highest BCUT2D eigenvalue weighted by atomic mass is 19.1. The normalized spacial score (nSPS) is 14.6. The Labute approximate surface area is 233 Å². The largest absolute Gasteiger partial charge is 0.469 e. The van der Waals surface area contributed by atoms with Crippen LogP contribution in [-0.4, -0.2) is 63.2 Å². The van der Waals surface area contributed by atoms with Gasteiger partial charge in [0.25, 0.3) is 0 Å². The van der Waals surface area contributed by atoms with Crippen LogP contribution in [0.15, 0.2) is 71.7 Å². The van der Waals surface area contributed by atoms with Gasteiger partial charge in [0.15, 0.2) is 0 Å². The second kappa shape index (κ2) is 12.7. The topological polar surface area (TPSA) is 91.3 Å². The maximum Gasteiger partial charge on any atom is 0.309 e. The van der Waals surface area contributed by atoms with Gasteiger partial charge in [0.1, 0.15) is 11.7 Å². The molecule has 1 aliphatic heterocycles. The Morgan fingerprint density at radius 2 is 1.77 bits per heavy atom. The molecule has 9 heteroatoms. The molecule has 8 nitrogen and oxygen atoms in total. The Bertz CT molecular complexity index is 1440. The van der Waals surface area contributed by atoms with Gasteiger partial charge < -0.3 is 19.9 Å². The first-order valence-electron chi connectivity index (χ1n) is 13.0. The number of ether oxygens (including phenoxy) is 1. The fourth-order valence-electron chi connectivity index (χ4n) is 4.63. The van der Waals surface area contributed by atoms with Crippen molar-refractivity contribution in [2.75, 3.05) is 45.0 Å². The number of halogens is 1. The molecule has 1 N–H and O–H groups in total. The van der Waals surface area contributed by atoms with Crippen LogP contribution in [0.5, 0.6) is 0 Å². The quantitative estimate of drug-likeness (QED) is 0.295. The van der Waals surface area contributed by atoms with Crippen molar-refractivity contribution in [2.45, 2.75) is 25.2 Å². The van der Waals surface area contributed by atoms with Crippen LogP contribution in [0.25, 0.3) is 0 Å². The molecule has 0 radical (unpaired) electrons. The van der Waals surface area contributed by atoms with E-state index in [-0.39, 0.29) is 24.2 Å². The molecular formula is C31H33FN4O4. The van der Waals surface area contributed by atoms with E-state index in [9.17, 15) is 18.8 Å². The number of aliphatic imine (C=N–C) groups is 1. The van der Waals surface area contributed by atoms with Crippen LogP contribution in [0.3, 0.4) is 0 Å². The average Bonchev–Trinajstić information content (AvgIpc) is 3.25. The molecule has 0 saturated heterocycles. The van der Waals surface area contributed by atoms with Gasteiger partial charge >= 0.3 is 5.97 Å². The molecule has 0 saturated carbocycles. The van der Waals surface area contributed by atoms with Crippen LogP contribution in [0.2, 0.25) is 0 Å². The second-order valence-electron chi connectivity index (χ2n) is 9.98. The van der Waals surface area contributed by atoms with Gasteiger partial charge in [0.2, 0.25) is 11.8 Å². The molecule has 3 aromatic rings. The van der Waals surface area contributed by atoms with E-state index in [1.54, 1.807) is 48.3 Å². The van der Waals surface area contributed by atoms with E-state index in [1.165, 1.54) is 19.2 Å². The molecule has 0 aliphatic carbocycles. The van der Waals surface area contributed by atoms with Crippen molar-refractivity contribution in [3.8, 4) is 0 Å². The third kappa shape index (κ3) is 6.79. The lowest BCUT2D eigenvalue weighted by molar-refractivity contribution is -0.139. The van der Waals surface area contributed by atoms with Gasteiger partial charge in [-0.25, -0.2) is 4.39 Å². The zero-order valence-electron chi connectivity index (χ0n) is 23.1. The molecule has 3 aromatic carbocycles. The number of hydrogen-bond acceptors (Lipinski definition) is 6. The summed E-state index contributed by atoms with van der Waals surface area (Å²) in [5.41, 5.74) is 4.14. The van der Waals surface area contributed by atoms with E-state index < -0.39 is 11.7 Å². The Balaban J connectivity index is 1.68. The van der Waals surface area contributed by atoms with Crippen molar-refractivity contribution in [2.24, 2.45) is 4.99 Å². The number of methoxy groups -OCH3 is 1. The van der Waals surface area contributed by atoms with Crippen LogP contribution in [0.4, 0.5) is 21.5 Å². The Morgan fingerprint density at radius 3 is 2.48 bits per heavy atom. The second-order valence-corrected chi connectivity index (χ2v) is 9.98. The van der Waals surface area contributed by atoms with Crippen LogP contribution in [0.1, 0.15) is 35.4 Å². The van der Waals surface area contributed by atoms with E-state index in [0.717, 1.165) is 18.7 Å². The monoisotopic (exact) mass is 544 g/mol. The standard InChI is InChI=1S/C31H33FN4O4/c1-35(2)16-6-9-27(37)36(3)24-13-11-23(12-14-24)33-30(21-8-5-7-20(17-21)18-28(38)40-4)29-25-15-10-22(32)19-26(25)34-31(29)39/h5,7-8,10-15,17,19,29H,6,9,16,18H2,1-4H3,(H,34,39). The highest BCUT2D eigenvalue weighted by molar-refractivity contribution is 6.24. The van der Waals surface area contributed by atoms with Crippen LogP contribution in [-0.2, 0) is 25.5 Å². The summed E-state index contributed by atoms with van der Waals surface area (Å²) in [7, 11) is 7.02. The number of carbonyl (C=O) groups is 3. The Morgan fingerprint density at radius 1 is 1.02 bits per heavy atom. The number of hydrogen-bond donors (Lipinski definition) is 1. The first-order valence-corrected chi connectivity index (χ1v) is 13.0. The minimum Gasteiger partial charge on any atom is -0.469 e. The van der Waals surface area contributed by atoms with Gasteiger partial charge in [-0.05, 0) is 86.2 Å². The molecule has 1 heterocycles. The van der Waals surface area contributed by atoms with Gasteiger partial charge in [-0.15, -0.1) is 0 Å². The molecule has 0 aromatic heterocycles. The molecule has 0 bridgehead atoms. The minimum absolute atomic E-state index is 0.0210. The number of fused-ring (bicyclic) bond motifs is 1. The Kier molecular flexibility index (Phi) is 9.06. The average molecular weight is 545 g/mol. The number of benzene rings is 3. The van der Waals surface area contributed by atoms with Crippen molar-refractivity contribution in [3.63, 3.8) is 0 Å². The fourth-order valence-corrected chi connectivity index (χ4v) is 4.63. The van der Waals surface area contributed by atoms with E-state index in [4.69, 9.17) is 9.73 Å². The van der Waals surface area contributed by atoms with Crippen molar-refractivity contribution >= 4 is 40.6 Å². The summed E-state index contributed by atoms with van der Waals surface area (Å²) < 4.78 is 18.7. The molecule has 1 aliphatic rings. The zero-order valence-corrected chi connectivity index (χ0v) is 23.1. The predicted molar refractivity (Wildman–Crippen MR) is 154 cm³/mol. The van der Waals surface area contributed by atoms with Crippen molar-refractivity contribution < 1.29 is 23.5 Å². The first-order chi connectivity index (χ1) is 19.2. The molecular weight excluding hydrogens is 511 g/mol. The number of esters is 1. The highest BCUT2D eigenvalue weighted by Gasteiger charge is 2.35. The van der Waals surface area contributed by atoms with Crippen molar-refractivity contribution in [3.05, 3.63) is 89.2 Å². The fraction of sp³-hybridized carbons (Fsp3) is 0.290. The minimum atomic E-state index is -0.787. The molecule has 1 unspecified atom stereocenters. The molecule has 0 spiro atoms. The zero-order chi connectivity index (χ0) is 28.8. The van der Waals surface area contributed by atoms with E-state index in [1.807, 2.05) is 37.2 Å². The summed E-state index contributed by atoms with van der Waals surface area (Å²) in [6, 6.07) is 18.6. The van der Waals surface area contributed by atoms with E-state index >= 15 is 0 Å². The highest BCUT2D eigenvalue weighted by Crippen LogP contribution is 2.37. The summed E-state index contributed by atoms with van der Waals surface area (Å²) in [5, 5.41) is 2.76. The maximum atomic E-state index is 13.9.